The van der Waals surface area contributed by atoms with Gasteiger partial charge in [0.1, 0.15) is 0 Å². The van der Waals surface area contributed by atoms with Crippen LogP contribution in [0.25, 0.3) is 10.8 Å². The first-order valence-corrected chi connectivity index (χ1v) is 3.08. The van der Waals surface area contributed by atoms with Crippen LogP contribution in [-0.2, 0) is 0 Å². The Hall–Kier alpha value is -1.37. The molecule has 0 amide bonds. The van der Waals surface area contributed by atoms with E-state index in [4.69, 9.17) is 0 Å². The zero-order valence-electron chi connectivity index (χ0n) is 5.33. The highest BCUT2D eigenvalue weighted by molar-refractivity contribution is 5.80. The number of hydrogen-bond donors (Lipinski definition) is 0. The fraction of sp³-hybridized carbons (Fsp3) is 0. The third-order valence-electron chi connectivity index (χ3n) is 1.40. The number of pyridine rings is 1. The number of benzene rings is 1. The molecule has 10 heavy (non-hydrogen) atoms. The molecule has 46 valence electrons. The van der Waals surface area contributed by atoms with Crippen molar-refractivity contribution in [3.05, 3.63) is 42.7 Å². The standard InChI is InChI=1S/C9H5N/c1-2-4-9-7-10-6-5-8(9)3-1/h2-3,5-7H. The Morgan fingerprint density at radius 3 is 3.30 bits per heavy atom. The molecule has 1 heteroatoms. The molecule has 0 fully saturated rings. The van der Waals surface area contributed by atoms with Gasteiger partial charge in [0.2, 0.25) is 0 Å². The molecule has 0 saturated carbocycles. The highest BCUT2D eigenvalue weighted by Crippen LogP contribution is 2.08. The largest absolute Gasteiger partial charge is 0.264 e. The van der Waals surface area contributed by atoms with Crippen LogP contribution in [0.5, 0.6) is 0 Å². The van der Waals surface area contributed by atoms with Gasteiger partial charge in [-0.15, -0.1) is 0 Å². The van der Waals surface area contributed by atoms with Gasteiger partial charge in [-0.05, 0) is 35.7 Å². The van der Waals surface area contributed by atoms with Gasteiger partial charge in [0.05, 0.1) is 0 Å². The SMILES string of the molecule is [c]1c[c]c2cnccc2c1. The van der Waals surface area contributed by atoms with Crippen LogP contribution in [0.1, 0.15) is 0 Å². The van der Waals surface area contributed by atoms with Crippen molar-refractivity contribution >= 4 is 10.8 Å². The minimum absolute atomic E-state index is 1.04. The molecule has 0 unspecified atom stereocenters. The third-order valence-corrected chi connectivity index (χ3v) is 1.40. The second-order valence-electron chi connectivity index (χ2n) is 2.06. The lowest BCUT2D eigenvalue weighted by atomic mass is 10.2. The van der Waals surface area contributed by atoms with Crippen LogP contribution in [0.15, 0.2) is 30.6 Å². The maximum atomic E-state index is 3.97. The first-order valence-electron chi connectivity index (χ1n) is 3.08. The summed E-state index contributed by atoms with van der Waals surface area (Å²) in [6, 6.07) is 11.6. The van der Waals surface area contributed by atoms with Crippen LogP contribution in [0.3, 0.4) is 0 Å². The lowest BCUT2D eigenvalue weighted by molar-refractivity contribution is 1.36. The van der Waals surface area contributed by atoms with Gasteiger partial charge in [-0.1, -0.05) is 0 Å². The number of fused-ring (bicyclic) bond motifs is 1. The normalized spacial score (nSPS) is 10.0. The molecule has 0 N–H and O–H groups in total. The Labute approximate surface area is 59.3 Å². The number of rotatable bonds is 0. The Morgan fingerprint density at radius 2 is 2.40 bits per heavy atom. The van der Waals surface area contributed by atoms with Gasteiger partial charge in [-0.3, -0.25) is 4.98 Å². The summed E-state index contributed by atoms with van der Waals surface area (Å²) < 4.78 is 0. The third kappa shape index (κ3) is 0.760. The van der Waals surface area contributed by atoms with Crippen molar-refractivity contribution < 1.29 is 0 Å². The Kier molecular flexibility index (Phi) is 1.14. The lowest BCUT2D eigenvalue weighted by Crippen LogP contribution is -1.72. The summed E-state index contributed by atoms with van der Waals surface area (Å²) in [5.74, 6) is 0. The van der Waals surface area contributed by atoms with Gasteiger partial charge < -0.3 is 0 Å². The van der Waals surface area contributed by atoms with Crippen LogP contribution in [0.4, 0.5) is 0 Å². The Bertz CT molecular complexity index is 276. The molecule has 2 aromatic rings. The maximum Gasteiger partial charge on any atom is 0.0352 e. The van der Waals surface area contributed by atoms with E-state index < -0.39 is 0 Å². The van der Waals surface area contributed by atoms with Crippen LogP contribution in [-0.4, -0.2) is 4.98 Å². The van der Waals surface area contributed by atoms with Crippen molar-refractivity contribution in [3.8, 4) is 0 Å². The van der Waals surface area contributed by atoms with Crippen molar-refractivity contribution in [3.63, 3.8) is 0 Å². The minimum atomic E-state index is 1.04. The number of aromatic nitrogens is 1. The molecule has 1 aromatic carbocycles. The van der Waals surface area contributed by atoms with Crippen molar-refractivity contribution in [2.45, 2.75) is 0 Å². The molecule has 2 radical (unpaired) electrons. The van der Waals surface area contributed by atoms with Gasteiger partial charge >= 0.3 is 0 Å². The van der Waals surface area contributed by atoms with Gasteiger partial charge in [0.15, 0.2) is 0 Å². The summed E-state index contributed by atoms with van der Waals surface area (Å²) in [4.78, 5) is 3.97. The minimum Gasteiger partial charge on any atom is -0.264 e. The van der Waals surface area contributed by atoms with Crippen LogP contribution < -0.4 is 0 Å². The highest BCUT2D eigenvalue weighted by atomic mass is 14.6. The van der Waals surface area contributed by atoms with E-state index in [1.807, 2.05) is 12.1 Å². The maximum absolute atomic E-state index is 3.97. The zero-order chi connectivity index (χ0) is 6.81. The molecule has 0 aliphatic heterocycles. The van der Waals surface area contributed by atoms with Gasteiger partial charge in [0.25, 0.3) is 0 Å². The van der Waals surface area contributed by atoms with Crippen molar-refractivity contribution in [2.24, 2.45) is 0 Å². The van der Waals surface area contributed by atoms with E-state index in [0.717, 1.165) is 10.8 Å². The lowest BCUT2D eigenvalue weighted by Gasteiger charge is -1.90. The van der Waals surface area contributed by atoms with Crippen LogP contribution >= 0.6 is 0 Å². The molecule has 0 bridgehead atoms. The first-order chi connectivity index (χ1) is 4.97. The predicted molar refractivity (Wildman–Crippen MR) is 39.4 cm³/mol. The molecule has 0 saturated heterocycles. The highest BCUT2D eigenvalue weighted by Gasteiger charge is 1.87. The second-order valence-corrected chi connectivity index (χ2v) is 2.06. The van der Waals surface area contributed by atoms with Gasteiger partial charge in [-0.25, -0.2) is 0 Å². The number of hydrogen-bond acceptors (Lipinski definition) is 1. The molecule has 1 nitrogen and oxygen atoms in total. The molecule has 2 rings (SSSR count). The molecular weight excluding hydrogens is 122 g/mol. The quantitative estimate of drug-likeness (QED) is 0.526. The summed E-state index contributed by atoms with van der Waals surface area (Å²) in [5, 5.41) is 2.18. The van der Waals surface area contributed by atoms with E-state index in [0.29, 0.717) is 0 Å². The smallest absolute Gasteiger partial charge is 0.0352 e. The molecule has 0 atom stereocenters. The van der Waals surface area contributed by atoms with Crippen molar-refractivity contribution in [1.82, 2.24) is 4.98 Å². The average molecular weight is 127 g/mol. The van der Waals surface area contributed by atoms with E-state index >= 15 is 0 Å². The van der Waals surface area contributed by atoms with E-state index in [2.05, 4.69) is 17.1 Å². The van der Waals surface area contributed by atoms with E-state index in [9.17, 15) is 0 Å². The Balaban J connectivity index is 2.89. The summed E-state index contributed by atoms with van der Waals surface area (Å²) in [6.07, 6.45) is 3.56. The Morgan fingerprint density at radius 1 is 1.40 bits per heavy atom. The fourth-order valence-electron chi connectivity index (χ4n) is 0.903. The molecule has 0 aliphatic carbocycles. The average Bonchev–Trinajstić information content (AvgIpc) is 2.05. The van der Waals surface area contributed by atoms with Crippen LogP contribution in [0, 0.1) is 12.1 Å². The second kappa shape index (κ2) is 2.10. The van der Waals surface area contributed by atoms with Crippen molar-refractivity contribution in [2.75, 3.05) is 0 Å². The van der Waals surface area contributed by atoms with Gasteiger partial charge in [0, 0.05) is 17.8 Å². The number of nitrogens with zero attached hydrogens (tertiary/aromatic N) is 1. The fourth-order valence-corrected chi connectivity index (χ4v) is 0.903. The molecular formula is C9H5N. The van der Waals surface area contributed by atoms with Crippen LogP contribution in [0.2, 0.25) is 0 Å². The van der Waals surface area contributed by atoms with Crippen molar-refractivity contribution in [1.29, 1.82) is 0 Å². The summed E-state index contributed by atoms with van der Waals surface area (Å²) in [7, 11) is 0. The van der Waals surface area contributed by atoms with Gasteiger partial charge in [-0.2, -0.15) is 0 Å². The predicted octanol–water partition coefficient (Wildman–Crippen LogP) is 1.84. The topological polar surface area (TPSA) is 12.9 Å². The van der Waals surface area contributed by atoms with E-state index in [-0.39, 0.29) is 0 Å². The molecule has 1 aromatic heterocycles. The monoisotopic (exact) mass is 127 g/mol. The summed E-state index contributed by atoms with van der Waals surface area (Å²) in [5.41, 5.74) is 0. The first kappa shape index (κ1) is 5.42. The van der Waals surface area contributed by atoms with E-state index in [1.165, 1.54) is 0 Å². The summed E-state index contributed by atoms with van der Waals surface area (Å²) >= 11 is 0. The molecule has 0 aliphatic rings. The summed E-state index contributed by atoms with van der Waals surface area (Å²) in [6.45, 7) is 0. The molecule has 0 spiro atoms. The molecule has 1 heterocycles. The van der Waals surface area contributed by atoms with E-state index in [1.54, 1.807) is 18.5 Å². The zero-order valence-corrected chi connectivity index (χ0v) is 5.33.